The first-order valence-electron chi connectivity index (χ1n) is 22.7. The second-order valence-corrected chi connectivity index (χ2v) is 20.4. The lowest BCUT2D eigenvalue weighted by atomic mass is 9.41. The van der Waals surface area contributed by atoms with E-state index in [2.05, 4.69) is 184 Å². The maximum absolute atomic E-state index is 6.77. The van der Waals surface area contributed by atoms with E-state index in [4.69, 9.17) is 4.74 Å². The summed E-state index contributed by atoms with van der Waals surface area (Å²) in [5.41, 5.74) is 14.7. The Morgan fingerprint density at radius 1 is 0.450 bits per heavy atom. The molecule has 0 amide bonds. The van der Waals surface area contributed by atoms with Gasteiger partial charge in [-0.2, -0.15) is 0 Å². The Morgan fingerprint density at radius 2 is 1.03 bits per heavy atom. The monoisotopic (exact) mass is 781 g/mol. The molecular formula is C58H55NO. The second kappa shape index (κ2) is 13.2. The predicted molar refractivity (Wildman–Crippen MR) is 249 cm³/mol. The molecule has 60 heavy (non-hydrogen) atoms. The van der Waals surface area contributed by atoms with Crippen LogP contribution in [0.15, 0.2) is 152 Å². The SMILES string of the molecule is CC1(C)CCC(C)(C)c2cc(N(c3ccc(-c4ccc5c(c4)C4(c6ccccc6O5)C5CC6CC(C5)CC4C6)cc3)c3ccc(-c4cccc5ccccc45)cc3)ccc21. The number of hydrogen-bond acceptors (Lipinski definition) is 2. The first-order chi connectivity index (χ1) is 29.2. The van der Waals surface area contributed by atoms with Crippen molar-refractivity contribution in [1.29, 1.82) is 0 Å². The number of fused-ring (bicyclic) bond motifs is 4. The van der Waals surface area contributed by atoms with Crippen molar-refractivity contribution in [3.63, 3.8) is 0 Å². The molecule has 13 rings (SSSR count). The molecule has 4 saturated carbocycles. The molecule has 0 saturated heterocycles. The van der Waals surface area contributed by atoms with E-state index < -0.39 is 0 Å². The molecule has 1 spiro atoms. The van der Waals surface area contributed by atoms with Crippen molar-refractivity contribution in [2.24, 2.45) is 23.7 Å². The van der Waals surface area contributed by atoms with Gasteiger partial charge in [0.25, 0.3) is 0 Å². The highest BCUT2D eigenvalue weighted by atomic mass is 16.5. The molecule has 298 valence electrons. The summed E-state index contributed by atoms with van der Waals surface area (Å²) in [6, 6.07) is 57.3. The van der Waals surface area contributed by atoms with E-state index in [1.54, 1.807) is 0 Å². The molecule has 0 aromatic heterocycles. The van der Waals surface area contributed by atoms with E-state index in [1.165, 1.54) is 106 Å². The Balaban J connectivity index is 0.953. The van der Waals surface area contributed by atoms with Crippen LogP contribution in [0, 0.1) is 23.7 Å². The van der Waals surface area contributed by atoms with Gasteiger partial charge in [-0.05, 0) is 178 Å². The van der Waals surface area contributed by atoms with Crippen molar-refractivity contribution >= 4 is 27.8 Å². The van der Waals surface area contributed by atoms with Gasteiger partial charge in [0.15, 0.2) is 0 Å². The number of nitrogens with zero attached hydrogens (tertiary/aromatic N) is 1. The maximum Gasteiger partial charge on any atom is 0.131 e. The largest absolute Gasteiger partial charge is 0.457 e. The minimum Gasteiger partial charge on any atom is -0.457 e. The van der Waals surface area contributed by atoms with Gasteiger partial charge < -0.3 is 9.64 Å². The first-order valence-corrected chi connectivity index (χ1v) is 22.7. The molecule has 0 atom stereocenters. The van der Waals surface area contributed by atoms with Gasteiger partial charge in [-0.25, -0.2) is 0 Å². The van der Waals surface area contributed by atoms with Crippen LogP contribution in [0.3, 0.4) is 0 Å². The number of rotatable bonds is 5. The van der Waals surface area contributed by atoms with Crippen LogP contribution in [-0.2, 0) is 16.2 Å². The first kappa shape index (κ1) is 36.3. The fourth-order valence-electron chi connectivity index (χ4n) is 13.3. The standard InChI is InChI=1S/C58H55NO/c1-56(2)28-29-57(3,4)52-36-47(25-26-50(52)56)59(46-23-18-41(19-24-46)49-13-9-11-40-10-5-6-12-48(40)49)45-21-16-39(17-22-45)42-20-27-55-53(35-42)58(51-14-7-8-15-54(51)60-55)43-31-37-30-38(33-43)34-44(58)32-37/h5-27,35-38,43-44H,28-34H2,1-4H3. The number of hydrogen-bond donors (Lipinski definition) is 0. The van der Waals surface area contributed by atoms with Crippen LogP contribution in [0.25, 0.3) is 33.0 Å². The summed E-state index contributed by atoms with van der Waals surface area (Å²) in [5.74, 6) is 5.31. The van der Waals surface area contributed by atoms with Crippen LogP contribution in [0.4, 0.5) is 17.1 Å². The van der Waals surface area contributed by atoms with E-state index in [9.17, 15) is 0 Å². The Bertz CT molecular complexity index is 2770. The lowest BCUT2D eigenvalue weighted by molar-refractivity contribution is -0.0452. The van der Waals surface area contributed by atoms with E-state index in [0.29, 0.717) is 11.8 Å². The average Bonchev–Trinajstić information content (AvgIpc) is 3.27. The van der Waals surface area contributed by atoms with E-state index >= 15 is 0 Å². The molecule has 2 nitrogen and oxygen atoms in total. The van der Waals surface area contributed by atoms with Crippen molar-refractivity contribution in [3.8, 4) is 33.8 Å². The summed E-state index contributed by atoms with van der Waals surface area (Å²) in [5, 5.41) is 2.55. The number of ether oxygens (including phenoxy) is 1. The normalized spacial score (nSPS) is 25.0. The van der Waals surface area contributed by atoms with Gasteiger partial charge in [0.1, 0.15) is 11.5 Å². The van der Waals surface area contributed by atoms with Gasteiger partial charge >= 0.3 is 0 Å². The van der Waals surface area contributed by atoms with E-state index in [-0.39, 0.29) is 16.2 Å². The molecule has 1 aliphatic heterocycles. The highest BCUT2D eigenvalue weighted by molar-refractivity contribution is 5.97. The molecule has 0 radical (unpaired) electrons. The number of benzene rings is 7. The van der Waals surface area contributed by atoms with Crippen molar-refractivity contribution in [1.82, 2.24) is 0 Å². The summed E-state index contributed by atoms with van der Waals surface area (Å²) < 4.78 is 6.77. The van der Waals surface area contributed by atoms with Gasteiger partial charge in [-0.1, -0.05) is 125 Å². The Hall–Kier alpha value is -5.60. The minimum absolute atomic E-state index is 0.0390. The molecule has 4 bridgehead atoms. The zero-order chi connectivity index (χ0) is 40.4. The third-order valence-electron chi connectivity index (χ3n) is 16.2. The molecule has 7 aromatic rings. The molecule has 1 heterocycles. The maximum atomic E-state index is 6.77. The lowest BCUT2D eigenvalue weighted by Crippen LogP contribution is -2.56. The third-order valence-corrected chi connectivity index (χ3v) is 16.2. The van der Waals surface area contributed by atoms with Gasteiger partial charge in [0.05, 0.1) is 0 Å². The summed E-state index contributed by atoms with van der Waals surface area (Å²) in [4.78, 5) is 2.47. The van der Waals surface area contributed by atoms with Crippen molar-refractivity contribution in [2.75, 3.05) is 4.90 Å². The van der Waals surface area contributed by atoms with Gasteiger partial charge in [0, 0.05) is 33.6 Å². The molecule has 6 aliphatic rings. The minimum atomic E-state index is 0.0390. The third kappa shape index (κ3) is 5.45. The summed E-state index contributed by atoms with van der Waals surface area (Å²) in [6.07, 6.45) is 9.27. The number of anilines is 3. The van der Waals surface area contributed by atoms with Gasteiger partial charge in [-0.15, -0.1) is 0 Å². The van der Waals surface area contributed by atoms with Gasteiger partial charge in [0.2, 0.25) is 0 Å². The smallest absolute Gasteiger partial charge is 0.131 e. The fourth-order valence-corrected chi connectivity index (χ4v) is 13.3. The zero-order valence-corrected chi connectivity index (χ0v) is 35.5. The van der Waals surface area contributed by atoms with Crippen LogP contribution in [0.1, 0.15) is 94.9 Å². The summed E-state index contributed by atoms with van der Waals surface area (Å²) in [6.45, 7) is 9.69. The van der Waals surface area contributed by atoms with Crippen molar-refractivity contribution < 1.29 is 4.74 Å². The Kier molecular flexibility index (Phi) is 7.98. The van der Waals surface area contributed by atoms with Gasteiger partial charge in [-0.3, -0.25) is 0 Å². The predicted octanol–water partition coefficient (Wildman–Crippen LogP) is 15.8. The molecule has 2 heteroatoms. The van der Waals surface area contributed by atoms with Crippen LogP contribution in [0.5, 0.6) is 11.5 Å². The topological polar surface area (TPSA) is 12.5 Å². The quantitative estimate of drug-likeness (QED) is 0.172. The molecule has 5 aliphatic carbocycles. The molecule has 0 N–H and O–H groups in total. The lowest BCUT2D eigenvalue weighted by Gasteiger charge is -2.63. The summed E-state index contributed by atoms with van der Waals surface area (Å²) >= 11 is 0. The average molecular weight is 782 g/mol. The highest BCUT2D eigenvalue weighted by Gasteiger charge is 2.61. The van der Waals surface area contributed by atoms with Crippen LogP contribution >= 0.6 is 0 Å². The summed E-state index contributed by atoms with van der Waals surface area (Å²) in [7, 11) is 0. The number of para-hydroxylation sites is 1. The van der Waals surface area contributed by atoms with Crippen LogP contribution < -0.4 is 9.64 Å². The van der Waals surface area contributed by atoms with Crippen molar-refractivity contribution in [2.45, 2.75) is 88.9 Å². The molecular weight excluding hydrogens is 727 g/mol. The molecule has 0 unspecified atom stereocenters. The van der Waals surface area contributed by atoms with E-state index in [1.807, 2.05) is 0 Å². The molecule has 4 fully saturated rings. The fraction of sp³-hybridized carbons (Fsp3) is 0.310. The van der Waals surface area contributed by atoms with Crippen LogP contribution in [0.2, 0.25) is 0 Å². The second-order valence-electron chi connectivity index (χ2n) is 20.4. The zero-order valence-electron chi connectivity index (χ0n) is 35.5. The Labute approximate surface area is 356 Å². The van der Waals surface area contributed by atoms with Crippen LogP contribution in [-0.4, -0.2) is 0 Å². The Morgan fingerprint density at radius 3 is 1.77 bits per heavy atom. The van der Waals surface area contributed by atoms with Crippen molar-refractivity contribution in [3.05, 3.63) is 174 Å². The highest BCUT2D eigenvalue weighted by Crippen LogP contribution is 2.69. The van der Waals surface area contributed by atoms with E-state index in [0.717, 1.165) is 34.7 Å². The molecule has 7 aromatic carbocycles.